The standard InChI is InChI=1S/C48H77N9O13S2/c1-27(2)23-35(55-47(68)41(28(3)4)56-38(60)25-49)46(67)52-33(12-9-10-21-50-37(59)13-8-7-11-32-20-22-71-72-32)44(65)53-34(18-19-40(62)63)45(66)54-36(24-30-14-16-31(58)17-15-30)43(64)51-26-39(61)57-42(29(5)6)48(69)70/h14-17,27-29,32-36,41-42,58H,7-13,18-26,49H2,1-6H3,(H,50,59)(H,51,64)(H,52,67)(H,53,65)(H,54,66)(H,55,68)(H,56,60)(H,57,61)(H,62,63)(H,69,70)/t32?,33-,34-,35-,36-,41-,42-/m0/s1. The Morgan fingerprint density at radius 2 is 1.21 bits per heavy atom. The van der Waals surface area contributed by atoms with Crippen molar-refractivity contribution < 1.29 is 63.3 Å². The van der Waals surface area contributed by atoms with Crippen LogP contribution in [0.2, 0.25) is 0 Å². The number of phenolic OH excluding ortho intramolecular Hbond substituents is 1. The molecule has 8 amide bonds. The van der Waals surface area contributed by atoms with E-state index in [0.29, 0.717) is 23.7 Å². The number of benzene rings is 1. The number of hydrogen-bond acceptors (Lipinski definition) is 14. The van der Waals surface area contributed by atoms with Crippen molar-refractivity contribution in [3.63, 3.8) is 0 Å². The summed E-state index contributed by atoms with van der Waals surface area (Å²) >= 11 is 0. The van der Waals surface area contributed by atoms with E-state index in [0.717, 1.165) is 25.0 Å². The lowest BCUT2D eigenvalue weighted by Gasteiger charge is -2.28. The van der Waals surface area contributed by atoms with Gasteiger partial charge in [-0.3, -0.25) is 43.2 Å². The molecular formula is C48H77N9O13S2. The number of aliphatic carboxylic acids is 2. The largest absolute Gasteiger partial charge is 0.508 e. The van der Waals surface area contributed by atoms with Gasteiger partial charge < -0.3 is 63.6 Å². The van der Waals surface area contributed by atoms with Gasteiger partial charge in [-0.15, -0.1) is 0 Å². The van der Waals surface area contributed by atoms with Crippen LogP contribution in [0.25, 0.3) is 0 Å². The molecule has 72 heavy (non-hydrogen) atoms. The maximum Gasteiger partial charge on any atom is 0.326 e. The smallest absolute Gasteiger partial charge is 0.326 e. The molecule has 1 aliphatic rings. The van der Waals surface area contributed by atoms with Gasteiger partial charge in [-0.25, -0.2) is 4.79 Å². The molecule has 24 heteroatoms. The molecule has 2 rings (SSSR count). The first-order chi connectivity index (χ1) is 34.0. The summed E-state index contributed by atoms with van der Waals surface area (Å²) < 4.78 is 0. The van der Waals surface area contributed by atoms with Crippen molar-refractivity contribution >= 4 is 80.8 Å². The molecule has 404 valence electrons. The van der Waals surface area contributed by atoms with Crippen LogP contribution in [0, 0.1) is 17.8 Å². The van der Waals surface area contributed by atoms with E-state index in [1.807, 2.05) is 35.4 Å². The normalized spacial score (nSPS) is 15.8. The summed E-state index contributed by atoms with van der Waals surface area (Å²) in [4.78, 5) is 131. The number of hydrogen-bond donors (Lipinski definition) is 12. The molecule has 0 radical (unpaired) electrons. The number of amides is 8. The van der Waals surface area contributed by atoms with Gasteiger partial charge in [0.25, 0.3) is 0 Å². The van der Waals surface area contributed by atoms with Gasteiger partial charge in [0.05, 0.1) is 13.1 Å². The third-order valence-electron chi connectivity index (χ3n) is 11.5. The monoisotopic (exact) mass is 1050 g/mol. The van der Waals surface area contributed by atoms with Crippen LogP contribution >= 0.6 is 21.6 Å². The fourth-order valence-electron chi connectivity index (χ4n) is 7.47. The van der Waals surface area contributed by atoms with Crippen LogP contribution in [0.4, 0.5) is 0 Å². The topological polar surface area (TPSA) is 354 Å². The number of nitrogens with two attached hydrogens (primary N) is 1. The first kappa shape index (κ1) is 62.5. The SMILES string of the molecule is CC(C)C[C@H](NC(=O)[C@@H](NC(=O)CN)C(C)C)C(=O)N[C@@H](CCCCNC(=O)CCCCC1CCSS1)C(=O)N[C@@H](CCC(=O)O)C(=O)N[C@@H](Cc1ccc(O)cc1)C(=O)NCC(=O)N[C@H](C(=O)O)C(C)C. The van der Waals surface area contributed by atoms with Crippen molar-refractivity contribution in [1.29, 1.82) is 0 Å². The highest BCUT2D eigenvalue weighted by atomic mass is 33.1. The number of carboxylic acid groups (broad SMARTS) is 2. The number of carbonyl (C=O) groups is 10. The van der Waals surface area contributed by atoms with E-state index in [1.54, 1.807) is 27.7 Å². The summed E-state index contributed by atoms with van der Waals surface area (Å²) in [5, 5.41) is 50.2. The molecule has 1 heterocycles. The number of phenols is 1. The Bertz CT molecular complexity index is 1970. The molecule has 13 N–H and O–H groups in total. The van der Waals surface area contributed by atoms with E-state index in [1.165, 1.54) is 30.7 Å². The van der Waals surface area contributed by atoms with Crippen molar-refractivity contribution in [3.8, 4) is 5.75 Å². The number of unbranched alkanes of at least 4 members (excludes halogenated alkanes) is 2. The fourth-order valence-corrected chi connectivity index (χ4v) is 10.5. The maximum absolute atomic E-state index is 14.3. The lowest BCUT2D eigenvalue weighted by molar-refractivity contribution is -0.143. The first-order valence-electron chi connectivity index (χ1n) is 24.6. The highest BCUT2D eigenvalue weighted by Gasteiger charge is 2.34. The highest BCUT2D eigenvalue weighted by molar-refractivity contribution is 8.77. The molecule has 1 unspecified atom stereocenters. The van der Waals surface area contributed by atoms with Crippen molar-refractivity contribution in [2.45, 2.75) is 160 Å². The Balaban J connectivity index is 2.38. The molecule has 1 fully saturated rings. The number of nitrogens with one attached hydrogen (secondary N) is 8. The average Bonchev–Trinajstić information content (AvgIpc) is 3.84. The van der Waals surface area contributed by atoms with Crippen LogP contribution in [0.15, 0.2) is 24.3 Å². The first-order valence-corrected chi connectivity index (χ1v) is 26.9. The van der Waals surface area contributed by atoms with Gasteiger partial charge in [-0.1, -0.05) is 81.7 Å². The minimum absolute atomic E-state index is 0.0329. The number of rotatable bonds is 34. The Hall–Kier alpha value is -5.62. The van der Waals surface area contributed by atoms with Gasteiger partial charge in [0, 0.05) is 36.8 Å². The van der Waals surface area contributed by atoms with Crippen LogP contribution in [0.1, 0.15) is 118 Å². The van der Waals surface area contributed by atoms with Crippen molar-refractivity contribution in [1.82, 2.24) is 42.5 Å². The zero-order valence-electron chi connectivity index (χ0n) is 42.2. The molecule has 1 aromatic rings. The Morgan fingerprint density at radius 3 is 1.76 bits per heavy atom. The van der Waals surface area contributed by atoms with Gasteiger partial charge in [-0.05, 0) is 86.8 Å². The molecule has 0 aliphatic carbocycles. The van der Waals surface area contributed by atoms with Gasteiger partial charge >= 0.3 is 11.9 Å². The van der Waals surface area contributed by atoms with Gasteiger partial charge in [0.2, 0.25) is 47.3 Å². The van der Waals surface area contributed by atoms with E-state index in [9.17, 15) is 63.3 Å². The molecule has 0 saturated carbocycles. The summed E-state index contributed by atoms with van der Waals surface area (Å²) in [5.41, 5.74) is 5.91. The number of aromatic hydroxyl groups is 1. The second-order valence-electron chi connectivity index (χ2n) is 18.9. The quantitative estimate of drug-likeness (QED) is 0.0341. The third kappa shape index (κ3) is 24.7. The third-order valence-corrected chi connectivity index (χ3v) is 14.5. The van der Waals surface area contributed by atoms with Crippen molar-refractivity contribution in [3.05, 3.63) is 29.8 Å². The Morgan fingerprint density at radius 1 is 0.625 bits per heavy atom. The summed E-state index contributed by atoms with van der Waals surface area (Å²) in [6.07, 6.45) is 3.69. The minimum Gasteiger partial charge on any atom is -0.508 e. The second kappa shape index (κ2) is 33.2. The zero-order chi connectivity index (χ0) is 53.9. The average molecular weight is 1050 g/mol. The number of carboxylic acids is 2. The molecule has 22 nitrogen and oxygen atoms in total. The number of carbonyl (C=O) groups excluding carboxylic acids is 8. The Labute approximate surface area is 429 Å². The van der Waals surface area contributed by atoms with E-state index in [4.69, 9.17) is 5.73 Å². The summed E-state index contributed by atoms with van der Waals surface area (Å²) in [5.74, 6) is -8.39. The lowest BCUT2D eigenvalue weighted by atomic mass is 9.99. The molecule has 0 spiro atoms. The lowest BCUT2D eigenvalue weighted by Crippen LogP contribution is -2.60. The van der Waals surface area contributed by atoms with Crippen molar-refractivity contribution in [2.75, 3.05) is 25.4 Å². The molecule has 0 bridgehead atoms. The highest BCUT2D eigenvalue weighted by Crippen LogP contribution is 2.39. The summed E-state index contributed by atoms with van der Waals surface area (Å²) in [7, 11) is 3.76. The second-order valence-corrected chi connectivity index (χ2v) is 21.7. The van der Waals surface area contributed by atoms with Crippen LogP contribution in [-0.4, -0.2) is 141 Å². The van der Waals surface area contributed by atoms with Crippen molar-refractivity contribution in [2.24, 2.45) is 23.5 Å². The predicted octanol–water partition coefficient (Wildman–Crippen LogP) is 1.23. The fraction of sp³-hybridized carbons (Fsp3) is 0.667. The van der Waals surface area contributed by atoms with Crippen LogP contribution in [0.3, 0.4) is 0 Å². The van der Waals surface area contributed by atoms with Crippen LogP contribution < -0.4 is 48.3 Å². The minimum atomic E-state index is -1.61. The van der Waals surface area contributed by atoms with E-state index in [2.05, 4.69) is 42.5 Å². The van der Waals surface area contributed by atoms with Crippen LogP contribution in [-0.2, 0) is 54.4 Å². The molecule has 0 aromatic heterocycles. The maximum atomic E-state index is 14.3. The Kier molecular flexibility index (Phi) is 28.8. The zero-order valence-corrected chi connectivity index (χ0v) is 43.8. The van der Waals surface area contributed by atoms with Gasteiger partial charge in [0.1, 0.15) is 42.0 Å². The van der Waals surface area contributed by atoms with Gasteiger partial charge in [0.15, 0.2) is 0 Å². The van der Waals surface area contributed by atoms with E-state index >= 15 is 0 Å². The predicted molar refractivity (Wildman–Crippen MR) is 273 cm³/mol. The summed E-state index contributed by atoms with van der Waals surface area (Å²) in [6.45, 7) is 9.38. The van der Waals surface area contributed by atoms with E-state index in [-0.39, 0.29) is 56.3 Å². The molecule has 1 aromatic carbocycles. The molecule has 1 saturated heterocycles. The summed E-state index contributed by atoms with van der Waals surface area (Å²) in [6, 6.07) is -2.33. The molecular weight excluding hydrogens is 975 g/mol. The molecule has 1 aliphatic heterocycles. The van der Waals surface area contributed by atoms with Gasteiger partial charge in [-0.2, -0.15) is 0 Å². The molecule has 7 atom stereocenters. The van der Waals surface area contributed by atoms with E-state index < -0.39 is 121 Å². The van der Waals surface area contributed by atoms with Crippen LogP contribution in [0.5, 0.6) is 5.75 Å².